The zero-order valence-corrected chi connectivity index (χ0v) is 17.4. The molecule has 0 atom stereocenters. The third kappa shape index (κ3) is 2.82. The molecule has 0 radical (unpaired) electrons. The molecular formula is C30H22O. The van der Waals surface area contributed by atoms with E-state index in [1.807, 2.05) is 12.1 Å². The van der Waals surface area contributed by atoms with Crippen LogP contribution in [0, 0.1) is 6.92 Å². The number of rotatable bonds is 3. The molecule has 0 aliphatic rings. The molecule has 0 fully saturated rings. The van der Waals surface area contributed by atoms with Crippen LogP contribution >= 0.6 is 0 Å². The molecule has 0 saturated heterocycles. The molecule has 0 aromatic heterocycles. The lowest BCUT2D eigenvalue weighted by molar-refractivity contribution is 0.282. The number of aryl methyl sites for hydroxylation is 1. The smallest absolute Gasteiger partial charge is 0.0681 e. The Kier molecular flexibility index (Phi) is 4.05. The Morgan fingerprint density at radius 2 is 0.968 bits per heavy atom. The molecule has 1 nitrogen and oxygen atoms in total. The monoisotopic (exact) mass is 398 g/mol. The minimum Gasteiger partial charge on any atom is -0.392 e. The average Bonchev–Trinajstić information content (AvgIpc) is 2.83. The summed E-state index contributed by atoms with van der Waals surface area (Å²) < 4.78 is 0. The van der Waals surface area contributed by atoms with Gasteiger partial charge in [0.25, 0.3) is 0 Å². The summed E-state index contributed by atoms with van der Waals surface area (Å²) >= 11 is 0. The molecule has 0 heterocycles. The highest BCUT2D eigenvalue weighted by Gasteiger charge is 2.14. The largest absolute Gasteiger partial charge is 0.392 e. The first kappa shape index (κ1) is 18.1. The van der Waals surface area contributed by atoms with Gasteiger partial charge in [-0.1, -0.05) is 103 Å². The van der Waals surface area contributed by atoms with E-state index in [2.05, 4.69) is 91.9 Å². The Morgan fingerprint density at radius 1 is 0.516 bits per heavy atom. The van der Waals surface area contributed by atoms with Crippen molar-refractivity contribution in [2.45, 2.75) is 13.5 Å². The second-order valence-corrected chi connectivity index (χ2v) is 8.37. The fraction of sp³-hybridized carbons (Fsp3) is 0.0667. The molecule has 0 amide bonds. The van der Waals surface area contributed by atoms with Gasteiger partial charge in [0.05, 0.1) is 6.61 Å². The van der Waals surface area contributed by atoms with Crippen LogP contribution in [0.1, 0.15) is 11.1 Å². The molecule has 6 aromatic carbocycles. The van der Waals surface area contributed by atoms with Crippen LogP contribution in [0.4, 0.5) is 0 Å². The Morgan fingerprint density at radius 3 is 1.45 bits per heavy atom. The van der Waals surface area contributed by atoms with Crippen LogP contribution in [-0.4, -0.2) is 5.11 Å². The lowest BCUT2D eigenvalue weighted by Crippen LogP contribution is -1.90. The zero-order valence-electron chi connectivity index (χ0n) is 17.4. The van der Waals surface area contributed by atoms with Gasteiger partial charge in [-0.2, -0.15) is 0 Å². The van der Waals surface area contributed by atoms with Crippen LogP contribution in [0.5, 0.6) is 0 Å². The van der Waals surface area contributed by atoms with Crippen LogP contribution in [-0.2, 0) is 6.61 Å². The van der Waals surface area contributed by atoms with Gasteiger partial charge in [-0.3, -0.25) is 0 Å². The molecule has 0 aliphatic heterocycles. The van der Waals surface area contributed by atoms with Crippen molar-refractivity contribution in [1.29, 1.82) is 0 Å². The molecule has 6 aromatic rings. The Bertz CT molecular complexity index is 1540. The summed E-state index contributed by atoms with van der Waals surface area (Å²) in [6.45, 7) is 2.20. The van der Waals surface area contributed by atoms with E-state index in [4.69, 9.17) is 0 Å². The Balaban J connectivity index is 1.67. The highest BCUT2D eigenvalue weighted by molar-refractivity contribution is 6.27. The van der Waals surface area contributed by atoms with E-state index in [-0.39, 0.29) is 6.61 Å². The number of hydrogen-bond donors (Lipinski definition) is 1. The van der Waals surface area contributed by atoms with E-state index in [0.29, 0.717) is 0 Å². The third-order valence-electron chi connectivity index (χ3n) is 6.47. The van der Waals surface area contributed by atoms with Crippen molar-refractivity contribution >= 4 is 32.3 Å². The molecule has 1 heteroatoms. The maximum absolute atomic E-state index is 9.39. The minimum atomic E-state index is 0.0700. The molecule has 0 unspecified atom stereocenters. The van der Waals surface area contributed by atoms with E-state index in [1.54, 1.807) is 0 Å². The summed E-state index contributed by atoms with van der Waals surface area (Å²) in [6, 6.07) is 35.0. The summed E-state index contributed by atoms with van der Waals surface area (Å²) in [4.78, 5) is 0. The second-order valence-electron chi connectivity index (χ2n) is 8.37. The zero-order chi connectivity index (χ0) is 20.9. The van der Waals surface area contributed by atoms with E-state index in [1.165, 1.54) is 60.1 Å². The van der Waals surface area contributed by atoms with Crippen molar-refractivity contribution in [3.8, 4) is 22.3 Å². The fourth-order valence-electron chi connectivity index (χ4n) is 4.83. The third-order valence-corrected chi connectivity index (χ3v) is 6.47. The summed E-state index contributed by atoms with van der Waals surface area (Å²) in [5, 5.41) is 17.2. The topological polar surface area (TPSA) is 20.2 Å². The number of aliphatic hydroxyl groups is 1. The first-order valence-corrected chi connectivity index (χ1v) is 10.7. The van der Waals surface area contributed by atoms with Gasteiger partial charge in [-0.05, 0) is 67.1 Å². The maximum atomic E-state index is 9.39. The van der Waals surface area contributed by atoms with Gasteiger partial charge in [0.15, 0.2) is 0 Å². The van der Waals surface area contributed by atoms with Crippen molar-refractivity contribution in [3.05, 3.63) is 108 Å². The van der Waals surface area contributed by atoms with Crippen molar-refractivity contribution in [2.75, 3.05) is 0 Å². The van der Waals surface area contributed by atoms with Crippen LogP contribution in [0.25, 0.3) is 54.6 Å². The van der Waals surface area contributed by atoms with Crippen molar-refractivity contribution in [2.24, 2.45) is 0 Å². The molecule has 31 heavy (non-hydrogen) atoms. The predicted octanol–water partition coefficient (Wildman–Crippen LogP) is 7.72. The van der Waals surface area contributed by atoms with Crippen LogP contribution in [0.3, 0.4) is 0 Å². The van der Waals surface area contributed by atoms with Gasteiger partial charge in [0.2, 0.25) is 0 Å². The summed E-state index contributed by atoms with van der Waals surface area (Å²) in [5.74, 6) is 0. The molecule has 6 rings (SSSR count). The van der Waals surface area contributed by atoms with Crippen LogP contribution in [0.2, 0.25) is 0 Å². The molecule has 0 spiro atoms. The van der Waals surface area contributed by atoms with Gasteiger partial charge >= 0.3 is 0 Å². The van der Waals surface area contributed by atoms with Gasteiger partial charge in [-0.15, -0.1) is 0 Å². The first-order chi connectivity index (χ1) is 15.2. The SMILES string of the molecule is Cc1ccc(-c2ccc3ccc4c(-c5ccc(CO)cc5)ccc5ccc2c3c54)cc1. The second kappa shape index (κ2) is 6.94. The van der Waals surface area contributed by atoms with Gasteiger partial charge in [-0.25, -0.2) is 0 Å². The lowest BCUT2D eigenvalue weighted by atomic mass is 9.87. The Hall–Kier alpha value is -3.68. The molecule has 0 aliphatic carbocycles. The van der Waals surface area contributed by atoms with E-state index >= 15 is 0 Å². The number of benzene rings is 6. The Labute approximate surface area is 181 Å². The fourth-order valence-corrected chi connectivity index (χ4v) is 4.83. The number of aliphatic hydroxyl groups excluding tert-OH is 1. The van der Waals surface area contributed by atoms with Crippen molar-refractivity contribution in [1.82, 2.24) is 0 Å². The first-order valence-electron chi connectivity index (χ1n) is 10.7. The predicted molar refractivity (Wildman–Crippen MR) is 132 cm³/mol. The van der Waals surface area contributed by atoms with Gasteiger partial charge in [0.1, 0.15) is 0 Å². The maximum Gasteiger partial charge on any atom is 0.0681 e. The van der Waals surface area contributed by atoms with Crippen LogP contribution < -0.4 is 0 Å². The van der Waals surface area contributed by atoms with Crippen LogP contribution in [0.15, 0.2) is 97.1 Å². The molecular weight excluding hydrogens is 376 g/mol. The lowest BCUT2D eigenvalue weighted by Gasteiger charge is -2.16. The summed E-state index contributed by atoms with van der Waals surface area (Å²) in [6.07, 6.45) is 0. The quantitative estimate of drug-likeness (QED) is 0.303. The summed E-state index contributed by atoms with van der Waals surface area (Å²) in [7, 11) is 0. The molecule has 0 bridgehead atoms. The van der Waals surface area contributed by atoms with Gasteiger partial charge < -0.3 is 5.11 Å². The van der Waals surface area contributed by atoms with E-state index < -0.39 is 0 Å². The molecule has 148 valence electrons. The average molecular weight is 399 g/mol. The van der Waals surface area contributed by atoms with Crippen molar-refractivity contribution in [3.63, 3.8) is 0 Å². The molecule has 1 N–H and O–H groups in total. The minimum absolute atomic E-state index is 0.0700. The molecule has 0 saturated carbocycles. The van der Waals surface area contributed by atoms with E-state index in [9.17, 15) is 5.11 Å². The van der Waals surface area contributed by atoms with Crippen molar-refractivity contribution < 1.29 is 5.11 Å². The normalized spacial score (nSPS) is 11.7. The number of hydrogen-bond acceptors (Lipinski definition) is 1. The standard InChI is InChI=1S/C30H22O/c1-19-2-6-21(7-3-19)25-14-10-23-13-17-28-26(22-8-4-20(18-31)5-9-22)15-11-24-12-16-27(25)29(23)30(24)28/h2-17,31H,18H2,1H3. The van der Waals surface area contributed by atoms with Gasteiger partial charge in [0, 0.05) is 0 Å². The highest BCUT2D eigenvalue weighted by atomic mass is 16.3. The summed E-state index contributed by atoms with van der Waals surface area (Å²) in [5.41, 5.74) is 7.14. The van der Waals surface area contributed by atoms with E-state index in [0.717, 1.165) is 5.56 Å². The highest BCUT2D eigenvalue weighted by Crippen LogP contribution is 2.42.